The van der Waals surface area contributed by atoms with Gasteiger partial charge in [-0.05, 0) is 159 Å². The number of hydrogen-bond donors (Lipinski definition) is 0. The van der Waals surface area contributed by atoms with Gasteiger partial charge in [-0.15, -0.1) is 0 Å². The predicted molar refractivity (Wildman–Crippen MR) is 282 cm³/mol. The number of hydrogen-bond acceptors (Lipinski definition) is 2. The van der Waals surface area contributed by atoms with Crippen molar-refractivity contribution in [1.82, 2.24) is 14.1 Å². The summed E-state index contributed by atoms with van der Waals surface area (Å²) < 4.78 is 4.81. The van der Waals surface area contributed by atoms with Gasteiger partial charge in [-0.2, -0.15) is 0 Å². The number of benzene rings is 10. The molecule has 13 rings (SSSR count). The molecular formula is C63H44N4. The zero-order valence-electron chi connectivity index (χ0n) is 36.7. The van der Waals surface area contributed by atoms with Crippen molar-refractivity contribution in [3.8, 4) is 39.3 Å². The maximum absolute atomic E-state index is 5.18. The van der Waals surface area contributed by atoms with Crippen LogP contribution in [0.4, 0.5) is 17.1 Å². The fraction of sp³-hybridized carbons (Fsp3) is 0.0317. The molecule has 0 aliphatic heterocycles. The Morgan fingerprint density at radius 1 is 0.403 bits per heavy atom. The SMILES string of the molecule is C1=CCC(n2c(-c3ccc(N(c4ccccc4)c4ccc(-n5c6ccc(-c7ccc8ccccc8c7)cc6c6cc(-c7ccc8ccccc8c7)ccc65)cc4)cc3)nc3ccccc32)C=C1. The number of para-hydroxylation sites is 3. The molecule has 2 aromatic heterocycles. The summed E-state index contributed by atoms with van der Waals surface area (Å²) in [7, 11) is 0. The van der Waals surface area contributed by atoms with Gasteiger partial charge >= 0.3 is 0 Å². The summed E-state index contributed by atoms with van der Waals surface area (Å²) in [5, 5.41) is 7.43. The molecule has 10 aromatic carbocycles. The van der Waals surface area contributed by atoms with Crippen molar-refractivity contribution < 1.29 is 0 Å². The molecule has 12 aromatic rings. The first-order chi connectivity index (χ1) is 33.2. The molecule has 1 aliphatic carbocycles. The van der Waals surface area contributed by atoms with Crippen molar-refractivity contribution >= 4 is 71.4 Å². The van der Waals surface area contributed by atoms with Crippen LogP contribution >= 0.6 is 0 Å². The van der Waals surface area contributed by atoms with Crippen LogP contribution in [0.2, 0.25) is 0 Å². The molecule has 316 valence electrons. The van der Waals surface area contributed by atoms with Crippen LogP contribution in [-0.4, -0.2) is 14.1 Å². The maximum Gasteiger partial charge on any atom is 0.141 e. The Labute approximate surface area is 389 Å². The fourth-order valence-electron chi connectivity index (χ4n) is 10.3. The van der Waals surface area contributed by atoms with Gasteiger partial charge in [-0.3, -0.25) is 0 Å². The Kier molecular flexibility index (Phi) is 9.28. The second-order valence-electron chi connectivity index (χ2n) is 17.6. The van der Waals surface area contributed by atoms with Crippen LogP contribution in [-0.2, 0) is 0 Å². The Balaban J connectivity index is 0.911. The minimum atomic E-state index is 0.208. The summed E-state index contributed by atoms with van der Waals surface area (Å²) >= 11 is 0. The highest BCUT2D eigenvalue weighted by Gasteiger charge is 2.21. The highest BCUT2D eigenvalue weighted by atomic mass is 15.1. The summed E-state index contributed by atoms with van der Waals surface area (Å²) in [6.45, 7) is 0. The van der Waals surface area contributed by atoms with Crippen LogP contribution in [0.3, 0.4) is 0 Å². The Morgan fingerprint density at radius 3 is 1.52 bits per heavy atom. The van der Waals surface area contributed by atoms with Gasteiger partial charge in [0.1, 0.15) is 5.82 Å². The quantitative estimate of drug-likeness (QED) is 0.152. The van der Waals surface area contributed by atoms with Gasteiger partial charge in [0.15, 0.2) is 0 Å². The van der Waals surface area contributed by atoms with Gasteiger partial charge in [0, 0.05) is 39.1 Å². The van der Waals surface area contributed by atoms with Crippen LogP contribution in [0.5, 0.6) is 0 Å². The number of fused-ring (bicyclic) bond motifs is 6. The lowest BCUT2D eigenvalue weighted by Crippen LogP contribution is -2.10. The Bertz CT molecular complexity index is 3750. The van der Waals surface area contributed by atoms with Crippen molar-refractivity contribution in [2.75, 3.05) is 4.90 Å². The maximum atomic E-state index is 5.18. The largest absolute Gasteiger partial charge is 0.317 e. The van der Waals surface area contributed by atoms with Crippen LogP contribution in [0.25, 0.3) is 93.7 Å². The highest BCUT2D eigenvalue weighted by Crippen LogP contribution is 2.41. The van der Waals surface area contributed by atoms with Crippen LogP contribution < -0.4 is 4.90 Å². The van der Waals surface area contributed by atoms with Gasteiger partial charge < -0.3 is 14.0 Å². The van der Waals surface area contributed by atoms with E-state index in [1.807, 2.05) is 0 Å². The van der Waals surface area contributed by atoms with E-state index in [1.165, 1.54) is 65.6 Å². The van der Waals surface area contributed by atoms with Gasteiger partial charge in [0.25, 0.3) is 0 Å². The van der Waals surface area contributed by atoms with E-state index in [0.717, 1.165) is 51.6 Å². The molecule has 0 radical (unpaired) electrons. The summed E-state index contributed by atoms with van der Waals surface area (Å²) in [5.74, 6) is 0.980. The lowest BCUT2D eigenvalue weighted by Gasteiger charge is -2.26. The first kappa shape index (κ1) is 38.7. The summed E-state index contributed by atoms with van der Waals surface area (Å²) in [5.41, 5.74) is 14.8. The fourth-order valence-corrected chi connectivity index (χ4v) is 10.3. The summed E-state index contributed by atoms with van der Waals surface area (Å²) in [4.78, 5) is 7.51. The first-order valence-corrected chi connectivity index (χ1v) is 23.1. The Hall–Kier alpha value is -8.73. The van der Waals surface area contributed by atoms with Crippen molar-refractivity contribution in [3.05, 3.63) is 249 Å². The molecule has 0 N–H and O–H groups in total. The molecule has 2 heterocycles. The van der Waals surface area contributed by atoms with Crippen molar-refractivity contribution in [3.63, 3.8) is 0 Å². The molecule has 0 fully saturated rings. The standard InChI is InChI=1S/C63H44N4/c1-3-17-52(18-4-1)65(54-31-27-45(28-32-54)63-64-59-21-11-12-22-62(59)67(63)53-19-5-2-6-20-53)55-33-35-56(36-34-55)66-60-37-29-50(48-25-23-43-13-7-9-15-46(43)39-48)41-57(60)58-42-51(30-38-61(58)66)49-26-24-44-14-8-10-16-47(44)40-49/h1-19,21-42,53H,20H2. The summed E-state index contributed by atoms with van der Waals surface area (Å²) in [6, 6.07) is 81.9. The second-order valence-corrected chi connectivity index (χ2v) is 17.6. The van der Waals surface area contributed by atoms with E-state index in [9.17, 15) is 0 Å². The third-order valence-corrected chi connectivity index (χ3v) is 13.6. The topological polar surface area (TPSA) is 26.0 Å². The lowest BCUT2D eigenvalue weighted by molar-refractivity contribution is 0.631. The van der Waals surface area contributed by atoms with E-state index in [2.05, 4.69) is 263 Å². The summed E-state index contributed by atoms with van der Waals surface area (Å²) in [6.07, 6.45) is 9.73. The van der Waals surface area contributed by atoms with E-state index >= 15 is 0 Å². The van der Waals surface area contributed by atoms with Gasteiger partial charge in [0.05, 0.1) is 28.1 Å². The van der Waals surface area contributed by atoms with Gasteiger partial charge in [-0.25, -0.2) is 4.98 Å². The molecule has 1 atom stereocenters. The number of allylic oxidation sites excluding steroid dienone is 4. The van der Waals surface area contributed by atoms with E-state index in [4.69, 9.17) is 4.98 Å². The monoisotopic (exact) mass is 856 g/mol. The average Bonchev–Trinajstić information content (AvgIpc) is 3.95. The number of nitrogens with zero attached hydrogens (tertiary/aromatic N) is 4. The van der Waals surface area contributed by atoms with Crippen molar-refractivity contribution in [2.45, 2.75) is 12.5 Å². The molecule has 0 bridgehead atoms. The Morgan fingerprint density at radius 2 is 0.910 bits per heavy atom. The zero-order valence-corrected chi connectivity index (χ0v) is 36.7. The molecule has 0 saturated carbocycles. The van der Waals surface area contributed by atoms with Gasteiger partial charge in [0.2, 0.25) is 0 Å². The van der Waals surface area contributed by atoms with Crippen molar-refractivity contribution in [1.29, 1.82) is 0 Å². The van der Waals surface area contributed by atoms with Gasteiger partial charge in [-0.1, -0.05) is 140 Å². The number of anilines is 3. The zero-order chi connectivity index (χ0) is 44.3. The van der Waals surface area contributed by atoms with E-state index in [0.29, 0.717) is 0 Å². The molecule has 0 saturated heterocycles. The molecule has 0 amide bonds. The molecular weight excluding hydrogens is 813 g/mol. The van der Waals surface area contributed by atoms with Crippen LogP contribution in [0.1, 0.15) is 12.5 Å². The third kappa shape index (κ3) is 6.81. The minimum absolute atomic E-state index is 0.208. The number of rotatable bonds is 8. The highest BCUT2D eigenvalue weighted by molar-refractivity contribution is 6.12. The minimum Gasteiger partial charge on any atom is -0.317 e. The number of aromatic nitrogens is 3. The average molecular weight is 857 g/mol. The first-order valence-electron chi connectivity index (χ1n) is 23.1. The molecule has 1 aliphatic rings. The smallest absolute Gasteiger partial charge is 0.141 e. The second kappa shape index (κ2) is 16.1. The molecule has 4 heteroatoms. The van der Waals surface area contributed by atoms with Crippen LogP contribution in [0.15, 0.2) is 249 Å². The number of imidazole rings is 1. The lowest BCUT2D eigenvalue weighted by atomic mass is 9.98. The normalized spacial score (nSPS) is 13.6. The molecule has 1 unspecified atom stereocenters. The predicted octanol–water partition coefficient (Wildman–Crippen LogP) is 17.0. The molecule has 4 nitrogen and oxygen atoms in total. The molecule has 67 heavy (non-hydrogen) atoms. The van der Waals surface area contributed by atoms with E-state index in [-0.39, 0.29) is 6.04 Å². The molecule has 0 spiro atoms. The van der Waals surface area contributed by atoms with E-state index in [1.54, 1.807) is 0 Å². The van der Waals surface area contributed by atoms with E-state index < -0.39 is 0 Å². The van der Waals surface area contributed by atoms with Crippen LogP contribution in [0, 0.1) is 0 Å². The van der Waals surface area contributed by atoms with Crippen molar-refractivity contribution in [2.24, 2.45) is 0 Å². The third-order valence-electron chi connectivity index (χ3n) is 13.6.